The number of halogens is 1. The van der Waals surface area contributed by atoms with Crippen molar-refractivity contribution in [2.75, 3.05) is 9.62 Å². The van der Waals surface area contributed by atoms with Crippen LogP contribution in [-0.2, 0) is 22.5 Å². The second-order valence-electron chi connectivity index (χ2n) is 8.71. The monoisotopic (exact) mass is 474 g/mol. The lowest BCUT2D eigenvalue weighted by Gasteiger charge is -2.20. The standard InChI is InChI=1S/C22H23ClN4O4S/c1-22(2,3)13-5-7-14(8-6-13)32(30,31)25-16-10-9-15(23)18-19(16)21(29)27(20(18)28)17-11-26(4)12-24-17/h5-12,21,25,29H,1-4H3. The van der Waals surface area contributed by atoms with Gasteiger partial charge in [-0.05, 0) is 35.2 Å². The number of aromatic nitrogens is 2. The number of sulfonamides is 1. The van der Waals surface area contributed by atoms with Gasteiger partial charge in [0.25, 0.3) is 15.9 Å². The van der Waals surface area contributed by atoms with Crippen LogP contribution in [0, 0.1) is 0 Å². The van der Waals surface area contributed by atoms with Gasteiger partial charge in [-0.25, -0.2) is 13.4 Å². The number of aliphatic hydroxyl groups excluding tert-OH is 1. The van der Waals surface area contributed by atoms with Crippen LogP contribution in [0.4, 0.5) is 11.5 Å². The largest absolute Gasteiger partial charge is 0.369 e. The molecule has 0 spiro atoms. The first-order valence-electron chi connectivity index (χ1n) is 9.85. The predicted octanol–water partition coefficient (Wildman–Crippen LogP) is 3.82. The minimum absolute atomic E-state index is 0.0353. The fraction of sp³-hybridized carbons (Fsp3) is 0.273. The number of nitrogens with zero attached hydrogens (tertiary/aromatic N) is 3. The highest BCUT2D eigenvalue weighted by Crippen LogP contribution is 2.43. The summed E-state index contributed by atoms with van der Waals surface area (Å²) in [4.78, 5) is 18.3. The molecular weight excluding hydrogens is 452 g/mol. The molecule has 2 aromatic carbocycles. The number of carbonyl (C=O) groups excluding carboxylic acids is 1. The zero-order valence-corrected chi connectivity index (χ0v) is 19.6. The number of fused-ring (bicyclic) bond motifs is 1. The van der Waals surface area contributed by atoms with E-state index in [1.165, 1.54) is 30.6 Å². The first-order valence-corrected chi connectivity index (χ1v) is 11.7. The van der Waals surface area contributed by atoms with Crippen molar-refractivity contribution < 1.29 is 18.3 Å². The third kappa shape index (κ3) is 3.76. The zero-order chi connectivity index (χ0) is 23.4. The fourth-order valence-electron chi connectivity index (χ4n) is 3.62. The van der Waals surface area contributed by atoms with Crippen LogP contribution >= 0.6 is 11.6 Å². The number of aliphatic hydroxyl groups is 1. The SMILES string of the molecule is Cn1cnc(N2C(=O)c3c(Cl)ccc(NS(=O)(=O)c4ccc(C(C)(C)C)cc4)c3C2O)c1. The van der Waals surface area contributed by atoms with Crippen molar-refractivity contribution in [3.63, 3.8) is 0 Å². The molecule has 2 N–H and O–H groups in total. The van der Waals surface area contributed by atoms with Gasteiger partial charge in [0, 0.05) is 18.8 Å². The van der Waals surface area contributed by atoms with E-state index in [9.17, 15) is 18.3 Å². The highest BCUT2D eigenvalue weighted by molar-refractivity contribution is 7.92. The highest BCUT2D eigenvalue weighted by Gasteiger charge is 2.41. The van der Waals surface area contributed by atoms with Gasteiger partial charge in [-0.1, -0.05) is 44.5 Å². The number of hydrogen-bond acceptors (Lipinski definition) is 5. The van der Waals surface area contributed by atoms with E-state index < -0.39 is 22.2 Å². The number of amides is 1. The van der Waals surface area contributed by atoms with Gasteiger partial charge in [0.05, 0.1) is 27.5 Å². The van der Waals surface area contributed by atoms with E-state index in [1.54, 1.807) is 29.9 Å². The number of benzene rings is 2. The van der Waals surface area contributed by atoms with Gasteiger partial charge >= 0.3 is 0 Å². The Bertz CT molecular complexity index is 1310. The molecule has 0 aliphatic carbocycles. The molecule has 32 heavy (non-hydrogen) atoms. The van der Waals surface area contributed by atoms with Crippen molar-refractivity contribution in [1.29, 1.82) is 0 Å². The fourth-order valence-corrected chi connectivity index (χ4v) is 4.94. The van der Waals surface area contributed by atoms with Gasteiger partial charge in [-0.15, -0.1) is 0 Å². The van der Waals surface area contributed by atoms with E-state index >= 15 is 0 Å². The summed E-state index contributed by atoms with van der Waals surface area (Å²) in [5.41, 5.74) is 1.07. The molecule has 4 rings (SSSR count). The Kier molecular flexibility index (Phi) is 5.31. The number of carbonyl (C=O) groups is 1. The van der Waals surface area contributed by atoms with Gasteiger partial charge in [0.1, 0.15) is 0 Å². The number of hydrogen-bond donors (Lipinski definition) is 2. The van der Waals surface area contributed by atoms with Gasteiger partial charge in [0.2, 0.25) is 0 Å². The molecule has 0 bridgehead atoms. The molecule has 1 unspecified atom stereocenters. The highest BCUT2D eigenvalue weighted by atomic mass is 35.5. The smallest absolute Gasteiger partial charge is 0.263 e. The second-order valence-corrected chi connectivity index (χ2v) is 10.8. The third-order valence-electron chi connectivity index (χ3n) is 5.34. The summed E-state index contributed by atoms with van der Waals surface area (Å²) in [5.74, 6) is -0.337. The molecule has 1 aromatic heterocycles. The lowest BCUT2D eigenvalue weighted by atomic mass is 9.87. The van der Waals surface area contributed by atoms with E-state index in [1.807, 2.05) is 20.8 Å². The lowest BCUT2D eigenvalue weighted by molar-refractivity contribution is 0.0934. The predicted molar refractivity (Wildman–Crippen MR) is 122 cm³/mol. The lowest BCUT2D eigenvalue weighted by Crippen LogP contribution is -2.28. The van der Waals surface area contributed by atoms with Crippen LogP contribution in [0.2, 0.25) is 5.02 Å². The maximum Gasteiger partial charge on any atom is 0.263 e. The second kappa shape index (κ2) is 7.61. The molecule has 0 saturated carbocycles. The first-order chi connectivity index (χ1) is 14.9. The van der Waals surface area contributed by atoms with Gasteiger partial charge in [-0.2, -0.15) is 0 Å². The average molecular weight is 475 g/mol. The van der Waals surface area contributed by atoms with Crippen molar-refractivity contribution in [3.8, 4) is 0 Å². The summed E-state index contributed by atoms with van der Waals surface area (Å²) in [5, 5.41) is 11.0. The minimum Gasteiger partial charge on any atom is -0.369 e. The van der Waals surface area contributed by atoms with Crippen molar-refractivity contribution in [2.45, 2.75) is 37.3 Å². The molecule has 0 fully saturated rings. The van der Waals surface area contributed by atoms with Crippen LogP contribution < -0.4 is 9.62 Å². The number of rotatable bonds is 4. The zero-order valence-electron chi connectivity index (χ0n) is 18.0. The molecule has 10 heteroatoms. The van der Waals surface area contributed by atoms with E-state index in [-0.39, 0.29) is 38.0 Å². The average Bonchev–Trinajstić information content (AvgIpc) is 3.24. The molecule has 1 aliphatic rings. The van der Waals surface area contributed by atoms with Crippen molar-refractivity contribution in [3.05, 3.63) is 70.6 Å². The Morgan fingerprint density at radius 3 is 2.34 bits per heavy atom. The summed E-state index contributed by atoms with van der Waals surface area (Å²) < 4.78 is 30.2. The molecule has 3 aromatic rings. The van der Waals surface area contributed by atoms with Gasteiger partial charge in [-0.3, -0.25) is 14.4 Å². The Hall–Kier alpha value is -2.88. The molecule has 0 radical (unpaired) electrons. The molecule has 168 valence electrons. The van der Waals surface area contributed by atoms with Crippen molar-refractivity contribution in [2.24, 2.45) is 7.05 Å². The Balaban J connectivity index is 1.72. The summed E-state index contributed by atoms with van der Waals surface area (Å²) in [6.45, 7) is 6.12. The molecule has 2 heterocycles. The Morgan fingerprint density at radius 2 is 1.78 bits per heavy atom. The van der Waals surface area contributed by atoms with Gasteiger partial charge < -0.3 is 9.67 Å². The Labute approximate surface area is 191 Å². The van der Waals surface area contributed by atoms with E-state index in [4.69, 9.17) is 11.6 Å². The van der Waals surface area contributed by atoms with E-state index in [0.29, 0.717) is 0 Å². The van der Waals surface area contributed by atoms with Crippen LogP contribution in [0.1, 0.15) is 48.5 Å². The maximum absolute atomic E-state index is 13.1. The van der Waals surface area contributed by atoms with E-state index in [2.05, 4.69) is 9.71 Å². The maximum atomic E-state index is 13.1. The molecule has 1 atom stereocenters. The number of imidazole rings is 1. The summed E-state index contributed by atoms with van der Waals surface area (Å²) in [6.07, 6.45) is 1.61. The Morgan fingerprint density at radius 1 is 1.12 bits per heavy atom. The van der Waals surface area contributed by atoms with E-state index in [0.717, 1.165) is 10.5 Å². The van der Waals surface area contributed by atoms with Crippen LogP contribution in [0.5, 0.6) is 0 Å². The number of aryl methyl sites for hydroxylation is 1. The minimum atomic E-state index is -3.98. The van der Waals surface area contributed by atoms with Crippen LogP contribution in [-0.4, -0.2) is 29.0 Å². The van der Waals surface area contributed by atoms with Crippen LogP contribution in [0.15, 0.2) is 53.8 Å². The van der Waals surface area contributed by atoms with Gasteiger partial charge in [0.15, 0.2) is 12.0 Å². The molecule has 1 aliphatic heterocycles. The first kappa shape index (κ1) is 22.3. The number of nitrogens with one attached hydrogen (secondary N) is 1. The summed E-state index contributed by atoms with van der Waals surface area (Å²) >= 11 is 6.25. The van der Waals surface area contributed by atoms with Crippen molar-refractivity contribution in [1.82, 2.24) is 9.55 Å². The normalized spacial score (nSPS) is 16.4. The third-order valence-corrected chi connectivity index (χ3v) is 7.04. The van der Waals surface area contributed by atoms with Crippen molar-refractivity contribution >= 4 is 39.0 Å². The topological polar surface area (TPSA) is 105 Å². The molecule has 8 nitrogen and oxygen atoms in total. The molecular formula is C22H23ClN4O4S. The molecule has 1 amide bonds. The van der Waals surface area contributed by atoms with Crippen LogP contribution in [0.25, 0.3) is 0 Å². The van der Waals surface area contributed by atoms with Crippen LogP contribution in [0.3, 0.4) is 0 Å². The summed E-state index contributed by atoms with van der Waals surface area (Å²) in [6, 6.07) is 9.44. The quantitative estimate of drug-likeness (QED) is 0.598. The summed E-state index contributed by atoms with van der Waals surface area (Å²) in [7, 11) is -2.25. The molecule has 0 saturated heterocycles. The number of anilines is 2.